The van der Waals surface area contributed by atoms with E-state index in [2.05, 4.69) is 33.8 Å². The molecule has 0 aromatic carbocycles. The third-order valence-corrected chi connectivity index (χ3v) is 4.81. The van der Waals surface area contributed by atoms with E-state index in [0.29, 0.717) is 12.6 Å². The van der Waals surface area contributed by atoms with Crippen molar-refractivity contribution in [2.45, 2.75) is 50.5 Å². The number of anilines is 2. The second kappa shape index (κ2) is 8.44. The zero-order valence-electron chi connectivity index (χ0n) is 13.2. The average molecular weight is 310 g/mol. The molecule has 1 aliphatic rings. The minimum atomic E-state index is 0.437. The van der Waals surface area contributed by atoms with Crippen LogP contribution in [-0.4, -0.2) is 41.2 Å². The van der Waals surface area contributed by atoms with Gasteiger partial charge in [-0.05, 0) is 32.4 Å². The molecule has 1 saturated carbocycles. The van der Waals surface area contributed by atoms with Gasteiger partial charge in [0.05, 0.1) is 0 Å². The molecular weight excluding hydrogens is 284 g/mol. The molecule has 5 nitrogen and oxygen atoms in total. The maximum absolute atomic E-state index is 5.16. The van der Waals surface area contributed by atoms with E-state index in [-0.39, 0.29) is 0 Å². The van der Waals surface area contributed by atoms with Gasteiger partial charge in [0.2, 0.25) is 0 Å². The van der Waals surface area contributed by atoms with Crippen molar-refractivity contribution in [2.75, 3.05) is 30.5 Å². The zero-order valence-corrected chi connectivity index (χ0v) is 14.0. The summed E-state index contributed by atoms with van der Waals surface area (Å²) in [5.74, 6) is 2.48. The zero-order chi connectivity index (χ0) is 15.1. The SMILES string of the molecule is CCNc1cc(NC2CCCC(SC)C2)nc(COC)n1. The second-order valence-corrected chi connectivity index (χ2v) is 6.52. The standard InChI is InChI=1S/C15H26N4OS/c1-4-16-13-9-14(19-15(18-13)10-20-2)17-11-6-5-7-12(8-11)21-3/h9,11-12H,4-8,10H2,1-3H3,(H2,16,17,18,19). The lowest BCUT2D eigenvalue weighted by molar-refractivity contribution is 0.178. The monoisotopic (exact) mass is 310 g/mol. The number of thioether (sulfide) groups is 1. The van der Waals surface area contributed by atoms with Crippen molar-refractivity contribution in [3.63, 3.8) is 0 Å². The maximum Gasteiger partial charge on any atom is 0.158 e. The third-order valence-electron chi connectivity index (χ3n) is 3.72. The summed E-state index contributed by atoms with van der Waals surface area (Å²) in [4.78, 5) is 9.00. The summed E-state index contributed by atoms with van der Waals surface area (Å²) in [6.45, 7) is 3.35. The molecule has 1 aromatic heterocycles. The fourth-order valence-corrected chi connectivity index (χ4v) is 3.56. The summed E-state index contributed by atoms with van der Waals surface area (Å²) in [7, 11) is 1.67. The molecule has 2 N–H and O–H groups in total. The summed E-state index contributed by atoms with van der Waals surface area (Å²) in [6, 6.07) is 2.50. The van der Waals surface area contributed by atoms with E-state index < -0.39 is 0 Å². The largest absolute Gasteiger partial charge is 0.377 e. The van der Waals surface area contributed by atoms with Gasteiger partial charge in [-0.1, -0.05) is 6.42 Å². The Bertz CT molecular complexity index is 419. The van der Waals surface area contributed by atoms with E-state index >= 15 is 0 Å². The normalized spacial score (nSPS) is 22.0. The Labute approximate surface area is 131 Å². The molecule has 0 saturated heterocycles. The van der Waals surface area contributed by atoms with Gasteiger partial charge in [0.15, 0.2) is 5.82 Å². The number of hydrogen-bond acceptors (Lipinski definition) is 6. The highest BCUT2D eigenvalue weighted by Crippen LogP contribution is 2.28. The molecular formula is C15H26N4OS. The van der Waals surface area contributed by atoms with Crippen molar-refractivity contribution in [3.05, 3.63) is 11.9 Å². The van der Waals surface area contributed by atoms with E-state index in [1.165, 1.54) is 25.7 Å². The smallest absolute Gasteiger partial charge is 0.158 e. The van der Waals surface area contributed by atoms with Crippen molar-refractivity contribution in [1.82, 2.24) is 9.97 Å². The fourth-order valence-electron chi connectivity index (χ4n) is 2.74. The van der Waals surface area contributed by atoms with Gasteiger partial charge in [0.1, 0.15) is 18.2 Å². The Morgan fingerprint density at radius 3 is 2.86 bits per heavy atom. The lowest BCUT2D eigenvalue weighted by atomic mass is 9.95. The minimum absolute atomic E-state index is 0.437. The van der Waals surface area contributed by atoms with Crippen LogP contribution in [0.1, 0.15) is 38.4 Å². The van der Waals surface area contributed by atoms with E-state index in [4.69, 9.17) is 4.74 Å². The van der Waals surface area contributed by atoms with E-state index in [9.17, 15) is 0 Å². The first-order chi connectivity index (χ1) is 10.2. The molecule has 1 heterocycles. The van der Waals surface area contributed by atoms with Crippen LogP contribution in [-0.2, 0) is 11.3 Å². The summed E-state index contributed by atoms with van der Waals surface area (Å²) in [5.41, 5.74) is 0. The number of aromatic nitrogens is 2. The Kier molecular flexibility index (Phi) is 6.57. The number of rotatable bonds is 7. The topological polar surface area (TPSA) is 59.1 Å². The van der Waals surface area contributed by atoms with Crippen LogP contribution < -0.4 is 10.6 Å². The molecule has 118 valence electrons. The molecule has 1 aromatic rings. The van der Waals surface area contributed by atoms with Gasteiger partial charge in [0.25, 0.3) is 0 Å². The van der Waals surface area contributed by atoms with E-state index in [0.717, 1.165) is 29.3 Å². The fraction of sp³-hybridized carbons (Fsp3) is 0.733. The molecule has 0 spiro atoms. The number of nitrogens with one attached hydrogen (secondary N) is 2. The maximum atomic E-state index is 5.16. The van der Waals surface area contributed by atoms with Gasteiger partial charge < -0.3 is 15.4 Å². The van der Waals surface area contributed by atoms with Gasteiger partial charge >= 0.3 is 0 Å². The lowest BCUT2D eigenvalue weighted by Crippen LogP contribution is -2.29. The number of methoxy groups -OCH3 is 1. The second-order valence-electron chi connectivity index (χ2n) is 5.38. The average Bonchev–Trinajstić information content (AvgIpc) is 2.48. The Morgan fingerprint density at radius 2 is 2.14 bits per heavy atom. The molecule has 0 bridgehead atoms. The van der Waals surface area contributed by atoms with E-state index in [1.54, 1.807) is 7.11 Å². The molecule has 0 aliphatic heterocycles. The minimum Gasteiger partial charge on any atom is -0.377 e. The quantitative estimate of drug-likeness (QED) is 0.807. The number of hydrogen-bond donors (Lipinski definition) is 2. The van der Waals surface area contributed by atoms with Crippen LogP contribution >= 0.6 is 11.8 Å². The van der Waals surface area contributed by atoms with Crippen LogP contribution in [0.15, 0.2) is 6.07 Å². The highest BCUT2D eigenvalue weighted by atomic mass is 32.2. The first kappa shape index (κ1) is 16.4. The van der Waals surface area contributed by atoms with Crippen molar-refractivity contribution >= 4 is 23.4 Å². The molecule has 2 atom stereocenters. The summed E-state index contributed by atoms with van der Waals surface area (Å²) < 4.78 is 5.16. The van der Waals surface area contributed by atoms with Gasteiger partial charge in [-0.3, -0.25) is 0 Å². The Hall–Kier alpha value is -1.01. The van der Waals surface area contributed by atoms with Gasteiger partial charge in [-0.15, -0.1) is 0 Å². The molecule has 1 fully saturated rings. The van der Waals surface area contributed by atoms with Crippen LogP contribution in [0.4, 0.5) is 11.6 Å². The molecule has 0 amide bonds. The summed E-state index contributed by atoms with van der Waals surface area (Å²) in [5, 5.41) is 7.60. The molecule has 2 rings (SSSR count). The third kappa shape index (κ3) is 5.04. The first-order valence-corrected chi connectivity index (χ1v) is 8.94. The highest BCUT2D eigenvalue weighted by molar-refractivity contribution is 7.99. The van der Waals surface area contributed by atoms with Gasteiger partial charge in [-0.25, -0.2) is 9.97 Å². The first-order valence-electron chi connectivity index (χ1n) is 7.65. The van der Waals surface area contributed by atoms with Crippen LogP contribution in [0.5, 0.6) is 0 Å². The highest BCUT2D eigenvalue weighted by Gasteiger charge is 2.21. The van der Waals surface area contributed by atoms with Crippen LogP contribution in [0, 0.1) is 0 Å². The predicted octanol–water partition coefficient (Wildman–Crippen LogP) is 3.14. The number of nitrogens with zero attached hydrogens (tertiary/aromatic N) is 2. The molecule has 0 radical (unpaired) electrons. The van der Waals surface area contributed by atoms with Crippen LogP contribution in [0.2, 0.25) is 0 Å². The molecule has 2 unspecified atom stereocenters. The van der Waals surface area contributed by atoms with E-state index in [1.807, 2.05) is 17.8 Å². The van der Waals surface area contributed by atoms with Crippen LogP contribution in [0.25, 0.3) is 0 Å². The predicted molar refractivity (Wildman–Crippen MR) is 90.1 cm³/mol. The molecule has 1 aliphatic carbocycles. The van der Waals surface area contributed by atoms with Crippen molar-refractivity contribution in [1.29, 1.82) is 0 Å². The Morgan fingerprint density at radius 1 is 1.33 bits per heavy atom. The van der Waals surface area contributed by atoms with Crippen molar-refractivity contribution in [3.8, 4) is 0 Å². The van der Waals surface area contributed by atoms with Gasteiger partial charge in [0, 0.05) is 31.0 Å². The molecule has 21 heavy (non-hydrogen) atoms. The van der Waals surface area contributed by atoms with Crippen molar-refractivity contribution < 1.29 is 4.74 Å². The lowest BCUT2D eigenvalue weighted by Gasteiger charge is -2.29. The summed E-state index contributed by atoms with van der Waals surface area (Å²) in [6.07, 6.45) is 7.26. The van der Waals surface area contributed by atoms with Crippen molar-refractivity contribution in [2.24, 2.45) is 0 Å². The number of ether oxygens (including phenoxy) is 1. The van der Waals surface area contributed by atoms with Gasteiger partial charge in [-0.2, -0.15) is 11.8 Å². The summed E-state index contributed by atoms with van der Waals surface area (Å²) >= 11 is 1.98. The molecule has 6 heteroatoms. The van der Waals surface area contributed by atoms with Crippen LogP contribution in [0.3, 0.4) is 0 Å². The Balaban J connectivity index is 2.06.